The summed E-state index contributed by atoms with van der Waals surface area (Å²) in [4.78, 5) is 12.0. The lowest BCUT2D eigenvalue weighted by molar-refractivity contribution is 0.0929. The number of aliphatic hydroxyl groups excluding tert-OH is 1. The van der Waals surface area contributed by atoms with Gasteiger partial charge in [-0.2, -0.15) is 0 Å². The Hall–Kier alpha value is -1.42. The van der Waals surface area contributed by atoms with E-state index in [-0.39, 0.29) is 24.4 Å². The molecule has 0 saturated heterocycles. The van der Waals surface area contributed by atoms with Gasteiger partial charge in [-0.3, -0.25) is 4.79 Å². The Morgan fingerprint density at radius 1 is 1.39 bits per heavy atom. The molecule has 0 aliphatic carbocycles. The topological polar surface area (TPSA) is 49.3 Å². The number of amides is 1. The Labute approximate surface area is 107 Å². The van der Waals surface area contributed by atoms with Crippen molar-refractivity contribution >= 4 is 5.91 Å². The minimum Gasteiger partial charge on any atom is -0.396 e. The summed E-state index contributed by atoms with van der Waals surface area (Å²) in [5.41, 5.74) is 1.40. The molecule has 0 spiro atoms. The Bertz CT molecular complexity index is 409. The highest BCUT2D eigenvalue weighted by Crippen LogP contribution is 2.15. The molecule has 0 aliphatic heterocycles. The summed E-state index contributed by atoms with van der Waals surface area (Å²) >= 11 is 0. The Morgan fingerprint density at radius 3 is 2.39 bits per heavy atom. The molecular weight excluding hydrogens is 233 g/mol. The van der Waals surface area contributed by atoms with Crippen molar-refractivity contribution in [1.29, 1.82) is 0 Å². The average molecular weight is 253 g/mol. The largest absolute Gasteiger partial charge is 0.396 e. The lowest BCUT2D eigenvalue weighted by atomic mass is 10.0. The molecular formula is C14H20FNO2. The summed E-state index contributed by atoms with van der Waals surface area (Å²) in [6, 6.07) is 3.04. The number of carbonyl (C=O) groups excluding carboxylic acids is 1. The summed E-state index contributed by atoms with van der Waals surface area (Å²) in [6.45, 7) is 5.27. The molecule has 1 rings (SSSR count). The number of halogens is 1. The first kappa shape index (κ1) is 14.6. The summed E-state index contributed by atoms with van der Waals surface area (Å²) in [5.74, 6) is -0.490. The van der Waals surface area contributed by atoms with Crippen LogP contribution in [0.1, 0.15) is 41.3 Å². The van der Waals surface area contributed by atoms with Crippen LogP contribution in [0.3, 0.4) is 0 Å². The number of aliphatic hydroxyl groups is 1. The summed E-state index contributed by atoms with van der Waals surface area (Å²) in [5, 5.41) is 11.7. The van der Waals surface area contributed by atoms with Gasteiger partial charge in [0, 0.05) is 18.2 Å². The second kappa shape index (κ2) is 6.50. The van der Waals surface area contributed by atoms with Crippen LogP contribution in [0.2, 0.25) is 0 Å². The van der Waals surface area contributed by atoms with Crippen molar-refractivity contribution in [3.8, 4) is 0 Å². The molecule has 0 fully saturated rings. The summed E-state index contributed by atoms with van der Waals surface area (Å²) in [6.07, 6.45) is 1.28. The normalized spacial score (nSPS) is 12.3. The highest BCUT2D eigenvalue weighted by Gasteiger charge is 2.14. The van der Waals surface area contributed by atoms with Gasteiger partial charge in [-0.15, -0.1) is 0 Å². The van der Waals surface area contributed by atoms with Crippen LogP contribution in [-0.2, 0) is 0 Å². The third-order valence-electron chi connectivity index (χ3n) is 3.00. The second-order valence-corrected chi connectivity index (χ2v) is 4.51. The fraction of sp³-hybridized carbons (Fsp3) is 0.500. The molecule has 0 bridgehead atoms. The van der Waals surface area contributed by atoms with E-state index in [2.05, 4.69) is 5.32 Å². The summed E-state index contributed by atoms with van der Waals surface area (Å²) in [7, 11) is 0. The van der Waals surface area contributed by atoms with E-state index in [4.69, 9.17) is 5.11 Å². The Kier molecular flexibility index (Phi) is 5.28. The van der Waals surface area contributed by atoms with E-state index in [0.29, 0.717) is 23.1 Å². The van der Waals surface area contributed by atoms with Gasteiger partial charge in [0.15, 0.2) is 0 Å². The van der Waals surface area contributed by atoms with Gasteiger partial charge in [-0.25, -0.2) is 4.39 Å². The monoisotopic (exact) mass is 253 g/mol. The van der Waals surface area contributed by atoms with Crippen LogP contribution in [0.25, 0.3) is 0 Å². The van der Waals surface area contributed by atoms with E-state index >= 15 is 0 Å². The molecule has 0 heterocycles. The van der Waals surface area contributed by atoms with E-state index in [1.807, 2.05) is 6.92 Å². The average Bonchev–Trinajstić information content (AvgIpc) is 2.34. The third-order valence-corrected chi connectivity index (χ3v) is 3.00. The molecule has 1 unspecified atom stereocenters. The first-order valence-corrected chi connectivity index (χ1v) is 6.18. The van der Waals surface area contributed by atoms with E-state index in [1.165, 1.54) is 0 Å². The highest BCUT2D eigenvalue weighted by atomic mass is 19.1. The maximum Gasteiger partial charge on any atom is 0.251 e. The van der Waals surface area contributed by atoms with Gasteiger partial charge >= 0.3 is 0 Å². The maximum absolute atomic E-state index is 13.5. The molecule has 18 heavy (non-hydrogen) atoms. The zero-order valence-electron chi connectivity index (χ0n) is 11.1. The molecule has 0 aliphatic rings. The van der Waals surface area contributed by atoms with Crippen molar-refractivity contribution in [2.24, 2.45) is 0 Å². The van der Waals surface area contributed by atoms with E-state index in [0.717, 1.165) is 6.42 Å². The van der Waals surface area contributed by atoms with E-state index < -0.39 is 0 Å². The molecule has 1 aromatic rings. The number of hydrogen-bond acceptors (Lipinski definition) is 2. The van der Waals surface area contributed by atoms with Crippen molar-refractivity contribution in [1.82, 2.24) is 5.32 Å². The van der Waals surface area contributed by atoms with Crippen LogP contribution in [-0.4, -0.2) is 23.7 Å². The zero-order valence-corrected chi connectivity index (χ0v) is 11.1. The van der Waals surface area contributed by atoms with Crippen LogP contribution in [0.5, 0.6) is 0 Å². The minimum atomic E-state index is -0.269. The maximum atomic E-state index is 13.5. The Balaban J connectivity index is 2.84. The third kappa shape index (κ3) is 3.53. The molecule has 3 nitrogen and oxygen atoms in total. The first-order chi connectivity index (χ1) is 8.49. The van der Waals surface area contributed by atoms with Crippen LogP contribution in [0, 0.1) is 19.7 Å². The molecule has 1 atom stereocenters. The second-order valence-electron chi connectivity index (χ2n) is 4.51. The molecule has 1 aromatic carbocycles. The molecule has 2 N–H and O–H groups in total. The van der Waals surface area contributed by atoms with Gasteiger partial charge < -0.3 is 10.4 Å². The number of carbonyl (C=O) groups is 1. The molecule has 1 amide bonds. The number of hydrogen-bond donors (Lipinski definition) is 2. The zero-order chi connectivity index (χ0) is 13.7. The molecule has 0 saturated carbocycles. The minimum absolute atomic E-state index is 0.0419. The molecule has 0 radical (unpaired) electrons. The van der Waals surface area contributed by atoms with Crippen molar-refractivity contribution in [2.45, 2.75) is 39.7 Å². The predicted octanol–water partition coefficient (Wildman–Crippen LogP) is 2.33. The number of nitrogens with one attached hydrogen (secondary N) is 1. The van der Waals surface area contributed by atoms with Crippen LogP contribution >= 0.6 is 0 Å². The number of benzene rings is 1. The van der Waals surface area contributed by atoms with Crippen molar-refractivity contribution in [3.63, 3.8) is 0 Å². The van der Waals surface area contributed by atoms with Crippen LogP contribution in [0.15, 0.2) is 12.1 Å². The fourth-order valence-electron chi connectivity index (χ4n) is 1.88. The van der Waals surface area contributed by atoms with E-state index in [9.17, 15) is 9.18 Å². The quantitative estimate of drug-likeness (QED) is 0.846. The number of rotatable bonds is 5. The van der Waals surface area contributed by atoms with Gasteiger partial charge in [0.05, 0.1) is 0 Å². The van der Waals surface area contributed by atoms with Gasteiger partial charge in [0.25, 0.3) is 5.91 Å². The van der Waals surface area contributed by atoms with Crippen molar-refractivity contribution in [3.05, 3.63) is 34.6 Å². The van der Waals surface area contributed by atoms with Crippen LogP contribution < -0.4 is 5.32 Å². The lowest BCUT2D eigenvalue weighted by Gasteiger charge is -2.16. The molecule has 100 valence electrons. The smallest absolute Gasteiger partial charge is 0.251 e. The van der Waals surface area contributed by atoms with Crippen molar-refractivity contribution < 1.29 is 14.3 Å². The SMILES string of the molecule is CCC(CCO)NC(=O)c1cc(C)c(F)c(C)c1. The molecule has 0 aromatic heterocycles. The summed E-state index contributed by atoms with van der Waals surface area (Å²) < 4.78 is 13.5. The fourth-order valence-corrected chi connectivity index (χ4v) is 1.88. The standard InChI is InChI=1S/C14H20FNO2/c1-4-12(5-6-17)16-14(18)11-7-9(2)13(15)10(3)8-11/h7-8,12,17H,4-6H2,1-3H3,(H,16,18). The molecule has 4 heteroatoms. The van der Waals surface area contributed by atoms with E-state index in [1.54, 1.807) is 26.0 Å². The first-order valence-electron chi connectivity index (χ1n) is 6.18. The van der Waals surface area contributed by atoms with Gasteiger partial charge in [-0.1, -0.05) is 6.92 Å². The lowest BCUT2D eigenvalue weighted by Crippen LogP contribution is -2.35. The predicted molar refractivity (Wildman–Crippen MR) is 69.1 cm³/mol. The van der Waals surface area contributed by atoms with Gasteiger partial charge in [-0.05, 0) is 49.9 Å². The Morgan fingerprint density at radius 2 is 1.94 bits per heavy atom. The van der Waals surface area contributed by atoms with Crippen LogP contribution in [0.4, 0.5) is 4.39 Å². The van der Waals surface area contributed by atoms with Crippen molar-refractivity contribution in [2.75, 3.05) is 6.61 Å². The highest BCUT2D eigenvalue weighted by molar-refractivity contribution is 5.94. The van der Waals surface area contributed by atoms with Gasteiger partial charge in [0.2, 0.25) is 0 Å². The van der Waals surface area contributed by atoms with Gasteiger partial charge in [0.1, 0.15) is 5.82 Å². The number of aryl methyl sites for hydroxylation is 2.